The van der Waals surface area contributed by atoms with Gasteiger partial charge in [-0.1, -0.05) is 29.8 Å². The maximum Gasteiger partial charge on any atom is 0.277 e. The molecular formula is C20H19ClN2O4S. The molecule has 146 valence electrons. The molecule has 2 aromatic heterocycles. The summed E-state index contributed by atoms with van der Waals surface area (Å²) in [6, 6.07) is 11.4. The van der Waals surface area contributed by atoms with Crippen molar-refractivity contribution in [3.63, 3.8) is 0 Å². The van der Waals surface area contributed by atoms with E-state index >= 15 is 0 Å². The fourth-order valence-electron chi connectivity index (χ4n) is 3.55. The Labute approximate surface area is 168 Å². The molecular weight excluding hydrogens is 400 g/mol. The maximum atomic E-state index is 13.1. The average molecular weight is 419 g/mol. The van der Waals surface area contributed by atoms with E-state index < -0.39 is 16.1 Å². The lowest BCUT2D eigenvalue weighted by Gasteiger charge is -2.21. The van der Waals surface area contributed by atoms with Gasteiger partial charge in [-0.15, -0.1) is 0 Å². The van der Waals surface area contributed by atoms with E-state index in [9.17, 15) is 13.2 Å². The molecule has 0 aliphatic carbocycles. The highest BCUT2D eigenvalue weighted by atomic mass is 35.5. The number of carbonyl (C=O) groups is 1. The first-order valence-corrected chi connectivity index (χ1v) is 10.9. The van der Waals surface area contributed by atoms with Gasteiger partial charge in [-0.25, -0.2) is 8.42 Å². The normalized spacial score (nSPS) is 18.0. The molecule has 1 aromatic carbocycles. The number of nitrogens with zero attached hydrogens (tertiary/aromatic N) is 2. The fourth-order valence-corrected chi connectivity index (χ4v) is 5.37. The van der Waals surface area contributed by atoms with E-state index in [-0.39, 0.29) is 17.3 Å². The van der Waals surface area contributed by atoms with Crippen LogP contribution in [-0.2, 0) is 21.2 Å². The summed E-state index contributed by atoms with van der Waals surface area (Å²) >= 11 is 5.95. The number of hydrogen-bond donors (Lipinski definition) is 0. The molecule has 0 N–H and O–H groups in total. The molecule has 1 fully saturated rings. The molecule has 8 heteroatoms. The summed E-state index contributed by atoms with van der Waals surface area (Å²) in [5.41, 5.74) is 1.22. The number of para-hydroxylation sites is 1. The monoisotopic (exact) mass is 418 g/mol. The van der Waals surface area contributed by atoms with Gasteiger partial charge in [-0.3, -0.25) is 9.78 Å². The number of fused-ring (bicyclic) bond motifs is 1. The molecule has 3 aromatic rings. The lowest BCUT2D eigenvalue weighted by atomic mass is 10.1. The van der Waals surface area contributed by atoms with Crippen LogP contribution in [0.25, 0.3) is 11.0 Å². The smallest absolute Gasteiger partial charge is 0.277 e. The van der Waals surface area contributed by atoms with Crippen LogP contribution in [0.15, 0.2) is 58.2 Å². The fraction of sp³-hybridized carbons (Fsp3) is 0.300. The molecule has 6 nitrogen and oxygen atoms in total. The number of ketones is 1. The Bertz CT molecular complexity index is 1090. The van der Waals surface area contributed by atoms with Gasteiger partial charge in [0.05, 0.1) is 6.04 Å². The van der Waals surface area contributed by atoms with Crippen LogP contribution >= 0.6 is 11.6 Å². The van der Waals surface area contributed by atoms with Crippen molar-refractivity contribution < 1.29 is 17.6 Å². The van der Waals surface area contributed by atoms with Gasteiger partial charge in [-0.2, -0.15) is 4.31 Å². The number of hydrogen-bond acceptors (Lipinski definition) is 5. The molecule has 0 radical (unpaired) electrons. The third-order valence-electron chi connectivity index (χ3n) is 4.95. The molecule has 1 atom stereocenters. The summed E-state index contributed by atoms with van der Waals surface area (Å²) in [4.78, 5) is 17.0. The van der Waals surface area contributed by atoms with Gasteiger partial charge < -0.3 is 4.42 Å². The van der Waals surface area contributed by atoms with Crippen LogP contribution in [-0.4, -0.2) is 36.1 Å². The molecule has 0 amide bonds. The van der Waals surface area contributed by atoms with Crippen molar-refractivity contribution in [1.29, 1.82) is 0 Å². The van der Waals surface area contributed by atoms with Crippen LogP contribution in [0.3, 0.4) is 0 Å². The van der Waals surface area contributed by atoms with Crippen molar-refractivity contribution in [2.24, 2.45) is 0 Å². The van der Waals surface area contributed by atoms with Crippen molar-refractivity contribution >= 4 is 38.4 Å². The number of aryl methyl sites for hydroxylation is 1. The highest BCUT2D eigenvalue weighted by Gasteiger charge is 2.40. The first-order valence-electron chi connectivity index (χ1n) is 9.09. The lowest BCUT2D eigenvalue weighted by Crippen LogP contribution is -2.40. The quantitative estimate of drug-likeness (QED) is 0.607. The largest absolute Gasteiger partial charge is 0.443 e. The van der Waals surface area contributed by atoms with Crippen LogP contribution in [0, 0.1) is 0 Å². The summed E-state index contributed by atoms with van der Waals surface area (Å²) in [7, 11) is -3.88. The van der Waals surface area contributed by atoms with Crippen LogP contribution in [0.5, 0.6) is 0 Å². The zero-order valence-corrected chi connectivity index (χ0v) is 16.6. The van der Waals surface area contributed by atoms with Crippen molar-refractivity contribution in [1.82, 2.24) is 9.29 Å². The molecule has 0 spiro atoms. The van der Waals surface area contributed by atoms with Crippen molar-refractivity contribution in [2.75, 3.05) is 6.54 Å². The molecule has 28 heavy (non-hydrogen) atoms. The van der Waals surface area contributed by atoms with Gasteiger partial charge >= 0.3 is 0 Å². The average Bonchev–Trinajstić information content (AvgIpc) is 3.34. The Kier molecular flexibility index (Phi) is 5.23. The maximum absolute atomic E-state index is 13.1. The number of furan rings is 1. The van der Waals surface area contributed by atoms with Gasteiger partial charge in [0.25, 0.3) is 10.0 Å². The Morgan fingerprint density at radius 3 is 2.86 bits per heavy atom. The lowest BCUT2D eigenvalue weighted by molar-refractivity contribution is -0.122. The topological polar surface area (TPSA) is 80.5 Å². The SMILES string of the molecule is O=C(CCc1cc(Cl)ccn1)[C@@H]1CCCN1S(=O)(=O)c1cc2ccccc2o1. The molecule has 3 heterocycles. The summed E-state index contributed by atoms with van der Waals surface area (Å²) in [5, 5.41) is 1.16. The van der Waals surface area contributed by atoms with Crippen LogP contribution in [0.4, 0.5) is 0 Å². The van der Waals surface area contributed by atoms with Crippen molar-refractivity contribution in [2.45, 2.75) is 36.8 Å². The van der Waals surface area contributed by atoms with Gasteiger partial charge in [0.15, 0.2) is 5.78 Å². The van der Waals surface area contributed by atoms with Crippen molar-refractivity contribution in [3.8, 4) is 0 Å². The minimum atomic E-state index is -3.88. The Balaban J connectivity index is 1.52. The number of halogens is 1. The first kappa shape index (κ1) is 19.1. The Morgan fingerprint density at radius 2 is 2.07 bits per heavy atom. The second-order valence-corrected chi connectivity index (χ2v) is 9.07. The zero-order chi connectivity index (χ0) is 19.7. The predicted molar refractivity (Wildman–Crippen MR) is 106 cm³/mol. The van der Waals surface area contributed by atoms with E-state index in [1.807, 2.05) is 6.07 Å². The van der Waals surface area contributed by atoms with E-state index in [1.54, 1.807) is 36.5 Å². The molecule has 0 bridgehead atoms. The molecule has 1 saturated heterocycles. The minimum Gasteiger partial charge on any atom is -0.443 e. The van der Waals surface area contributed by atoms with Crippen molar-refractivity contribution in [3.05, 3.63) is 59.4 Å². The summed E-state index contributed by atoms with van der Waals surface area (Å²) < 4.78 is 33.0. The van der Waals surface area contributed by atoms with Crippen LogP contribution in [0.2, 0.25) is 5.02 Å². The number of aromatic nitrogens is 1. The number of Topliss-reactive ketones (excluding diaryl/α,β-unsaturated/α-hetero) is 1. The third kappa shape index (κ3) is 3.70. The number of carbonyl (C=O) groups excluding carboxylic acids is 1. The second-order valence-electron chi connectivity index (χ2n) is 6.81. The summed E-state index contributed by atoms with van der Waals surface area (Å²) in [6.45, 7) is 0.311. The number of benzene rings is 1. The minimum absolute atomic E-state index is 0.112. The summed E-state index contributed by atoms with van der Waals surface area (Å²) in [6.07, 6.45) is 3.39. The van der Waals surface area contributed by atoms with Gasteiger partial charge in [-0.05, 0) is 37.5 Å². The van der Waals surface area contributed by atoms with Gasteiger partial charge in [0, 0.05) is 41.3 Å². The number of sulfonamides is 1. The van der Waals surface area contributed by atoms with E-state index in [0.717, 1.165) is 5.39 Å². The standard InChI is InChI=1S/C20H19ClN2O4S/c21-15-9-10-22-16(13-15)7-8-18(24)17-5-3-11-23(17)28(25,26)20-12-14-4-1-2-6-19(14)27-20/h1-2,4,6,9-10,12-13,17H,3,5,7-8,11H2/t17-/m0/s1. The van der Waals surface area contributed by atoms with E-state index in [4.69, 9.17) is 16.0 Å². The predicted octanol–water partition coefficient (Wildman–Crippen LogP) is 3.84. The zero-order valence-electron chi connectivity index (χ0n) is 15.0. The van der Waals surface area contributed by atoms with Gasteiger partial charge in [0.2, 0.25) is 5.09 Å². The Hall–Kier alpha value is -2.22. The van der Waals surface area contributed by atoms with Crippen LogP contribution in [0.1, 0.15) is 25.0 Å². The second kappa shape index (κ2) is 7.66. The highest BCUT2D eigenvalue weighted by Crippen LogP contribution is 2.30. The summed E-state index contributed by atoms with van der Waals surface area (Å²) in [5.74, 6) is -0.112. The molecule has 1 aliphatic rings. The number of rotatable bonds is 6. The molecule has 1 aliphatic heterocycles. The van der Waals surface area contributed by atoms with Gasteiger partial charge in [0.1, 0.15) is 5.58 Å². The van der Waals surface area contributed by atoms with Crippen LogP contribution < -0.4 is 0 Å². The van der Waals surface area contributed by atoms with E-state index in [1.165, 1.54) is 10.4 Å². The van der Waals surface area contributed by atoms with E-state index in [0.29, 0.717) is 42.1 Å². The van der Waals surface area contributed by atoms with E-state index in [2.05, 4.69) is 4.98 Å². The third-order valence-corrected chi connectivity index (χ3v) is 6.95. The molecule has 0 unspecified atom stereocenters. The molecule has 4 rings (SSSR count). The molecule has 0 saturated carbocycles. The Morgan fingerprint density at radius 1 is 1.25 bits per heavy atom. The highest BCUT2D eigenvalue weighted by molar-refractivity contribution is 7.89. The number of pyridine rings is 1. The first-order chi connectivity index (χ1) is 13.4.